The first-order chi connectivity index (χ1) is 10.8. The number of benzene rings is 2. The smallest absolute Gasteiger partial charge is 0.193 e. The van der Waals surface area contributed by atoms with Crippen molar-refractivity contribution in [3.05, 3.63) is 65.7 Å². The molecule has 116 valence electrons. The Labute approximate surface area is 132 Å². The van der Waals surface area contributed by atoms with Gasteiger partial charge in [-0.2, -0.15) is 0 Å². The first-order valence-electron chi connectivity index (χ1n) is 7.56. The number of nitrogens with one attached hydrogen (secondary N) is 1. The van der Waals surface area contributed by atoms with Crippen molar-refractivity contribution in [2.45, 2.75) is 26.5 Å². The summed E-state index contributed by atoms with van der Waals surface area (Å²) in [5, 5.41) is 3.08. The van der Waals surface area contributed by atoms with Gasteiger partial charge in [-0.05, 0) is 29.7 Å². The second-order valence-electron chi connectivity index (χ2n) is 5.01. The number of nitrogens with zero attached hydrogens (tertiary/aromatic N) is 1. The van der Waals surface area contributed by atoms with Gasteiger partial charge in [-0.15, -0.1) is 0 Å². The molecular formula is C18H23N3O. The molecule has 0 atom stereocenters. The molecule has 0 bridgehead atoms. The zero-order valence-electron chi connectivity index (χ0n) is 13.0. The maximum Gasteiger partial charge on any atom is 0.193 e. The fraction of sp³-hybridized carbons (Fsp3) is 0.278. The van der Waals surface area contributed by atoms with E-state index < -0.39 is 0 Å². The third kappa shape index (κ3) is 5.22. The Morgan fingerprint density at radius 2 is 1.73 bits per heavy atom. The van der Waals surface area contributed by atoms with Crippen molar-refractivity contribution in [3.63, 3.8) is 0 Å². The third-order valence-corrected chi connectivity index (χ3v) is 3.19. The molecule has 0 heterocycles. The number of nitrogens with two attached hydrogens (primary N) is 1. The zero-order valence-corrected chi connectivity index (χ0v) is 13.0. The minimum atomic E-state index is 0.412. The average molecular weight is 297 g/mol. The molecule has 2 aromatic rings. The number of anilines is 1. The summed E-state index contributed by atoms with van der Waals surface area (Å²) < 4.78 is 5.62. The van der Waals surface area contributed by atoms with E-state index in [4.69, 9.17) is 10.5 Å². The number of aliphatic imine (C=N–C) groups is 1. The first-order valence-corrected chi connectivity index (χ1v) is 7.56. The highest BCUT2D eigenvalue weighted by Gasteiger charge is 2.02. The Balaban J connectivity index is 1.96. The lowest BCUT2D eigenvalue weighted by molar-refractivity contribution is 0.121. The van der Waals surface area contributed by atoms with Gasteiger partial charge < -0.3 is 15.8 Å². The van der Waals surface area contributed by atoms with Gasteiger partial charge in [-0.1, -0.05) is 49.4 Å². The van der Waals surface area contributed by atoms with Crippen molar-refractivity contribution in [1.82, 2.24) is 0 Å². The van der Waals surface area contributed by atoms with Crippen molar-refractivity contribution in [1.29, 1.82) is 0 Å². The summed E-state index contributed by atoms with van der Waals surface area (Å²) in [6.45, 7) is 4.03. The SMILES string of the molecule is CCCOCc1ccccc1CN=C(N)Nc1ccccc1. The first kappa shape index (κ1) is 16.0. The van der Waals surface area contributed by atoms with Gasteiger partial charge in [-0.25, -0.2) is 4.99 Å². The van der Waals surface area contributed by atoms with E-state index in [0.29, 0.717) is 19.1 Å². The topological polar surface area (TPSA) is 59.6 Å². The molecule has 0 radical (unpaired) electrons. The van der Waals surface area contributed by atoms with E-state index in [1.54, 1.807) is 0 Å². The molecule has 0 saturated heterocycles. The second kappa shape index (κ2) is 8.85. The van der Waals surface area contributed by atoms with E-state index in [9.17, 15) is 0 Å². The van der Waals surface area contributed by atoms with Crippen LogP contribution in [0.2, 0.25) is 0 Å². The molecule has 22 heavy (non-hydrogen) atoms. The Bertz CT molecular complexity index is 596. The highest BCUT2D eigenvalue weighted by Crippen LogP contribution is 2.12. The standard InChI is InChI=1S/C18H23N3O/c1-2-12-22-14-16-9-7-6-8-15(16)13-20-18(19)21-17-10-4-3-5-11-17/h3-11H,2,12-14H2,1H3,(H3,19,20,21). The van der Waals surface area contributed by atoms with Crippen LogP contribution in [0.5, 0.6) is 0 Å². The minimum absolute atomic E-state index is 0.412. The molecular weight excluding hydrogens is 274 g/mol. The number of para-hydroxylation sites is 1. The summed E-state index contributed by atoms with van der Waals surface area (Å²) in [6, 6.07) is 17.9. The van der Waals surface area contributed by atoms with E-state index in [0.717, 1.165) is 29.8 Å². The molecule has 0 aromatic heterocycles. The van der Waals surface area contributed by atoms with Crippen molar-refractivity contribution >= 4 is 11.6 Å². The maximum atomic E-state index is 5.93. The molecule has 0 spiro atoms. The van der Waals surface area contributed by atoms with Crippen LogP contribution in [-0.4, -0.2) is 12.6 Å². The van der Waals surface area contributed by atoms with Gasteiger partial charge in [-0.3, -0.25) is 0 Å². The number of hydrogen-bond donors (Lipinski definition) is 2. The summed E-state index contributed by atoms with van der Waals surface area (Å²) in [7, 11) is 0. The molecule has 2 rings (SSSR count). The van der Waals surface area contributed by atoms with Crippen LogP contribution in [0.3, 0.4) is 0 Å². The lowest BCUT2D eigenvalue weighted by Gasteiger charge is -2.09. The second-order valence-corrected chi connectivity index (χ2v) is 5.01. The van der Waals surface area contributed by atoms with Crippen LogP contribution in [0, 0.1) is 0 Å². The Morgan fingerprint density at radius 1 is 1.05 bits per heavy atom. The molecule has 3 N–H and O–H groups in total. The Hall–Kier alpha value is -2.33. The number of guanidine groups is 1. The third-order valence-electron chi connectivity index (χ3n) is 3.19. The molecule has 2 aromatic carbocycles. The van der Waals surface area contributed by atoms with Gasteiger partial charge in [0.05, 0.1) is 13.2 Å². The molecule has 0 fully saturated rings. The van der Waals surface area contributed by atoms with E-state index in [-0.39, 0.29) is 0 Å². The number of hydrogen-bond acceptors (Lipinski definition) is 2. The lowest BCUT2D eigenvalue weighted by atomic mass is 10.1. The quantitative estimate of drug-likeness (QED) is 0.467. The molecule has 0 aliphatic rings. The fourth-order valence-electron chi connectivity index (χ4n) is 2.06. The van der Waals surface area contributed by atoms with Gasteiger partial charge >= 0.3 is 0 Å². The van der Waals surface area contributed by atoms with Gasteiger partial charge in [0, 0.05) is 12.3 Å². The van der Waals surface area contributed by atoms with Gasteiger partial charge in [0.25, 0.3) is 0 Å². The van der Waals surface area contributed by atoms with Crippen LogP contribution in [0.25, 0.3) is 0 Å². The van der Waals surface area contributed by atoms with E-state index in [2.05, 4.69) is 29.4 Å². The number of ether oxygens (including phenoxy) is 1. The molecule has 0 amide bonds. The molecule has 0 saturated carbocycles. The van der Waals surface area contributed by atoms with Crippen LogP contribution < -0.4 is 11.1 Å². The highest BCUT2D eigenvalue weighted by molar-refractivity contribution is 5.92. The van der Waals surface area contributed by atoms with Gasteiger partial charge in [0.2, 0.25) is 0 Å². The van der Waals surface area contributed by atoms with Crippen LogP contribution in [-0.2, 0) is 17.9 Å². The number of rotatable bonds is 7. The van der Waals surface area contributed by atoms with Crippen molar-refractivity contribution in [3.8, 4) is 0 Å². The van der Waals surface area contributed by atoms with Crippen molar-refractivity contribution in [2.24, 2.45) is 10.7 Å². The largest absolute Gasteiger partial charge is 0.377 e. The minimum Gasteiger partial charge on any atom is -0.377 e. The van der Waals surface area contributed by atoms with Crippen LogP contribution in [0.15, 0.2) is 59.6 Å². The van der Waals surface area contributed by atoms with E-state index in [1.807, 2.05) is 42.5 Å². The summed E-state index contributed by atoms with van der Waals surface area (Å²) in [5.74, 6) is 0.412. The summed E-state index contributed by atoms with van der Waals surface area (Å²) in [6.07, 6.45) is 1.02. The fourth-order valence-corrected chi connectivity index (χ4v) is 2.06. The van der Waals surface area contributed by atoms with E-state index in [1.165, 1.54) is 0 Å². The maximum absolute atomic E-state index is 5.93. The van der Waals surface area contributed by atoms with Gasteiger partial charge in [0.15, 0.2) is 5.96 Å². The molecule has 0 aliphatic carbocycles. The predicted octanol–water partition coefficient (Wildman–Crippen LogP) is 3.54. The van der Waals surface area contributed by atoms with Crippen molar-refractivity contribution < 1.29 is 4.74 Å². The average Bonchev–Trinajstić information content (AvgIpc) is 2.55. The molecule has 0 unspecified atom stereocenters. The zero-order chi connectivity index (χ0) is 15.6. The predicted molar refractivity (Wildman–Crippen MR) is 91.8 cm³/mol. The van der Waals surface area contributed by atoms with Crippen LogP contribution in [0.4, 0.5) is 5.69 Å². The summed E-state index contributed by atoms with van der Waals surface area (Å²) >= 11 is 0. The van der Waals surface area contributed by atoms with Gasteiger partial charge in [0.1, 0.15) is 0 Å². The van der Waals surface area contributed by atoms with E-state index >= 15 is 0 Å². The molecule has 0 aliphatic heterocycles. The normalized spacial score (nSPS) is 11.4. The Kier molecular flexibility index (Phi) is 6.45. The molecule has 4 nitrogen and oxygen atoms in total. The van der Waals surface area contributed by atoms with Crippen LogP contribution >= 0.6 is 0 Å². The molecule has 4 heteroatoms. The van der Waals surface area contributed by atoms with Crippen molar-refractivity contribution in [2.75, 3.05) is 11.9 Å². The summed E-state index contributed by atoms with van der Waals surface area (Å²) in [5.41, 5.74) is 9.16. The summed E-state index contributed by atoms with van der Waals surface area (Å²) in [4.78, 5) is 4.41. The Morgan fingerprint density at radius 3 is 2.45 bits per heavy atom. The van der Waals surface area contributed by atoms with Crippen LogP contribution in [0.1, 0.15) is 24.5 Å². The monoisotopic (exact) mass is 297 g/mol. The highest BCUT2D eigenvalue weighted by atomic mass is 16.5. The lowest BCUT2D eigenvalue weighted by Crippen LogP contribution is -2.22.